The van der Waals surface area contributed by atoms with Crippen molar-refractivity contribution < 1.29 is 13.5 Å². The Morgan fingerprint density at radius 2 is 1.69 bits per heavy atom. The van der Waals surface area contributed by atoms with E-state index >= 15 is 0 Å². The van der Waals surface area contributed by atoms with Gasteiger partial charge in [0.25, 0.3) is 0 Å². The van der Waals surface area contributed by atoms with E-state index in [1.54, 1.807) is 18.6 Å². The highest BCUT2D eigenvalue weighted by atomic mass is 35.5. The molecule has 10 heteroatoms. The summed E-state index contributed by atoms with van der Waals surface area (Å²) in [7, 11) is 0. The van der Waals surface area contributed by atoms with Gasteiger partial charge in [-0.25, -0.2) is 23.7 Å². The van der Waals surface area contributed by atoms with E-state index in [1.165, 1.54) is 0 Å². The van der Waals surface area contributed by atoms with Gasteiger partial charge >= 0.3 is 0 Å². The van der Waals surface area contributed by atoms with E-state index in [9.17, 15) is 8.78 Å². The Morgan fingerprint density at radius 1 is 0.969 bits per heavy atom. The van der Waals surface area contributed by atoms with Crippen molar-refractivity contribution in [1.82, 2.24) is 15.0 Å². The van der Waals surface area contributed by atoms with Gasteiger partial charge in [0, 0.05) is 68.0 Å². The Labute approximate surface area is 189 Å². The summed E-state index contributed by atoms with van der Waals surface area (Å²) in [6, 6.07) is 4.08. The summed E-state index contributed by atoms with van der Waals surface area (Å²) in [4.78, 5) is 17.6. The molecule has 2 aliphatic heterocycles. The second-order valence-corrected chi connectivity index (χ2v) is 8.01. The number of hydrogen-bond donors (Lipinski definition) is 1. The number of aromatic nitrogens is 3. The normalized spacial score (nSPS) is 16.0. The molecule has 1 saturated heterocycles. The number of halogens is 3. The van der Waals surface area contributed by atoms with Gasteiger partial charge < -0.3 is 19.9 Å². The van der Waals surface area contributed by atoms with E-state index in [0.29, 0.717) is 38.1 Å². The SMILES string of the molecule is Fc1ccc(F)c(CN2CCNc3ncc(-c4cnc(N5CCOCC5)nc4)cc32)c1Cl. The van der Waals surface area contributed by atoms with Crippen molar-refractivity contribution in [3.8, 4) is 11.1 Å². The van der Waals surface area contributed by atoms with Gasteiger partial charge in [0.05, 0.1) is 23.9 Å². The highest BCUT2D eigenvalue weighted by molar-refractivity contribution is 6.31. The third kappa shape index (κ3) is 4.05. The lowest BCUT2D eigenvalue weighted by Crippen LogP contribution is -2.37. The summed E-state index contributed by atoms with van der Waals surface area (Å²) in [5.74, 6) is 0.178. The van der Waals surface area contributed by atoms with Crippen molar-refractivity contribution in [2.45, 2.75) is 6.54 Å². The van der Waals surface area contributed by atoms with Crippen LogP contribution in [0.1, 0.15) is 5.56 Å². The number of nitrogens with one attached hydrogen (secondary N) is 1. The highest BCUT2D eigenvalue weighted by Gasteiger charge is 2.22. The summed E-state index contributed by atoms with van der Waals surface area (Å²) in [6.07, 6.45) is 5.29. The molecule has 0 amide bonds. The Bertz CT molecular complexity index is 1120. The van der Waals surface area contributed by atoms with Crippen molar-refractivity contribution in [2.75, 3.05) is 54.5 Å². The lowest BCUT2D eigenvalue weighted by molar-refractivity contribution is 0.122. The summed E-state index contributed by atoms with van der Waals surface area (Å²) in [5.41, 5.74) is 2.56. The summed E-state index contributed by atoms with van der Waals surface area (Å²) >= 11 is 6.05. The van der Waals surface area contributed by atoms with Crippen molar-refractivity contribution >= 4 is 29.1 Å². The number of nitrogens with zero attached hydrogens (tertiary/aromatic N) is 5. The van der Waals surface area contributed by atoms with Gasteiger partial charge in [-0.3, -0.25) is 0 Å². The molecule has 166 valence electrons. The third-order valence-corrected chi connectivity index (χ3v) is 6.04. The molecule has 5 rings (SSSR count). The van der Waals surface area contributed by atoms with Gasteiger partial charge in [-0.1, -0.05) is 11.6 Å². The first kappa shape index (κ1) is 20.8. The van der Waals surface area contributed by atoms with Crippen LogP contribution in [0.25, 0.3) is 11.1 Å². The molecule has 1 fully saturated rings. The zero-order chi connectivity index (χ0) is 22.1. The molecule has 4 heterocycles. The van der Waals surface area contributed by atoms with Gasteiger partial charge in [-0.15, -0.1) is 0 Å². The van der Waals surface area contributed by atoms with E-state index < -0.39 is 11.6 Å². The zero-order valence-corrected chi connectivity index (χ0v) is 17.9. The zero-order valence-electron chi connectivity index (χ0n) is 17.2. The van der Waals surface area contributed by atoms with Crippen molar-refractivity contribution in [3.05, 3.63) is 59.0 Å². The number of rotatable bonds is 4. The molecule has 0 aliphatic carbocycles. The molecule has 1 aromatic carbocycles. The van der Waals surface area contributed by atoms with Crippen LogP contribution in [-0.4, -0.2) is 54.3 Å². The van der Waals surface area contributed by atoms with Crippen LogP contribution in [0.15, 0.2) is 36.8 Å². The fourth-order valence-corrected chi connectivity index (χ4v) is 4.10. The number of hydrogen-bond acceptors (Lipinski definition) is 7. The molecule has 2 aromatic heterocycles. The minimum Gasteiger partial charge on any atom is -0.378 e. The van der Waals surface area contributed by atoms with Crippen LogP contribution in [0.5, 0.6) is 0 Å². The number of ether oxygens (including phenoxy) is 1. The van der Waals surface area contributed by atoms with Crippen LogP contribution in [0, 0.1) is 11.6 Å². The molecule has 2 aliphatic rings. The molecule has 32 heavy (non-hydrogen) atoms. The van der Waals surface area contributed by atoms with E-state index in [4.69, 9.17) is 16.3 Å². The molecule has 0 saturated carbocycles. The molecule has 7 nitrogen and oxygen atoms in total. The predicted octanol–water partition coefficient (Wildman–Crippen LogP) is 3.74. The average molecular weight is 459 g/mol. The largest absolute Gasteiger partial charge is 0.378 e. The van der Waals surface area contributed by atoms with Crippen LogP contribution >= 0.6 is 11.6 Å². The lowest BCUT2D eigenvalue weighted by atomic mass is 10.1. The second-order valence-electron chi connectivity index (χ2n) is 7.63. The third-order valence-electron chi connectivity index (χ3n) is 5.64. The maximum Gasteiger partial charge on any atom is 0.225 e. The Hall–Kier alpha value is -3.04. The van der Waals surface area contributed by atoms with Crippen LogP contribution < -0.4 is 15.1 Å². The van der Waals surface area contributed by atoms with Crippen LogP contribution in [-0.2, 0) is 11.3 Å². The predicted molar refractivity (Wildman–Crippen MR) is 119 cm³/mol. The lowest BCUT2D eigenvalue weighted by Gasteiger charge is -2.32. The molecular formula is C22H21ClF2N6O. The topological polar surface area (TPSA) is 66.4 Å². The van der Waals surface area contributed by atoms with Gasteiger partial charge in [0.1, 0.15) is 17.5 Å². The summed E-state index contributed by atoms with van der Waals surface area (Å²) in [5, 5.41) is 3.05. The minimum atomic E-state index is -0.636. The quantitative estimate of drug-likeness (QED) is 0.597. The summed E-state index contributed by atoms with van der Waals surface area (Å²) < 4.78 is 33.6. The standard InChI is InChI=1S/C22H21ClF2N6O/c23-20-16(17(24)1-2-18(20)25)13-31-4-3-26-21-19(31)9-14(10-27-21)15-11-28-22(29-12-15)30-5-7-32-8-6-30/h1-2,9-12H,3-8,13H2,(H,26,27). The van der Waals surface area contributed by atoms with Crippen LogP contribution in [0.2, 0.25) is 5.02 Å². The summed E-state index contributed by atoms with van der Waals surface area (Å²) in [6.45, 7) is 4.22. The molecule has 0 bridgehead atoms. The monoisotopic (exact) mass is 458 g/mol. The Kier molecular flexibility index (Phi) is 5.75. The molecular weight excluding hydrogens is 438 g/mol. The fourth-order valence-electron chi connectivity index (χ4n) is 3.88. The van der Waals surface area contributed by atoms with Crippen LogP contribution in [0.3, 0.4) is 0 Å². The first-order valence-corrected chi connectivity index (χ1v) is 10.7. The first-order valence-electron chi connectivity index (χ1n) is 10.4. The number of benzene rings is 1. The first-order chi connectivity index (χ1) is 15.6. The molecule has 1 N–H and O–H groups in total. The number of pyridine rings is 1. The minimum absolute atomic E-state index is 0.128. The Morgan fingerprint density at radius 3 is 2.47 bits per heavy atom. The van der Waals surface area contributed by atoms with Crippen LogP contribution in [0.4, 0.5) is 26.2 Å². The van der Waals surface area contributed by atoms with E-state index in [0.717, 1.165) is 42.0 Å². The van der Waals surface area contributed by atoms with Gasteiger partial charge in [-0.05, 0) is 18.2 Å². The highest BCUT2D eigenvalue weighted by Crippen LogP contribution is 2.34. The Balaban J connectivity index is 1.42. The van der Waals surface area contributed by atoms with Crippen molar-refractivity contribution in [3.63, 3.8) is 0 Å². The smallest absolute Gasteiger partial charge is 0.225 e. The van der Waals surface area contributed by atoms with Gasteiger partial charge in [-0.2, -0.15) is 0 Å². The number of fused-ring (bicyclic) bond motifs is 1. The van der Waals surface area contributed by atoms with Gasteiger partial charge in [0.15, 0.2) is 0 Å². The molecule has 0 spiro atoms. The molecule has 0 unspecified atom stereocenters. The van der Waals surface area contributed by atoms with Crippen molar-refractivity contribution in [2.24, 2.45) is 0 Å². The van der Waals surface area contributed by atoms with Gasteiger partial charge in [0.2, 0.25) is 5.95 Å². The maximum absolute atomic E-state index is 14.4. The van der Waals surface area contributed by atoms with E-state index in [-0.39, 0.29) is 17.1 Å². The number of morpholine rings is 1. The second kappa shape index (κ2) is 8.84. The van der Waals surface area contributed by atoms with E-state index in [1.807, 2.05) is 11.0 Å². The average Bonchev–Trinajstić information content (AvgIpc) is 2.85. The molecule has 0 atom stereocenters. The number of anilines is 3. The maximum atomic E-state index is 14.4. The van der Waals surface area contributed by atoms with Crippen molar-refractivity contribution in [1.29, 1.82) is 0 Å². The van der Waals surface area contributed by atoms with E-state index in [2.05, 4.69) is 25.2 Å². The molecule has 3 aromatic rings. The molecule has 0 radical (unpaired) electrons. The fraction of sp³-hybridized carbons (Fsp3) is 0.318.